The summed E-state index contributed by atoms with van der Waals surface area (Å²) in [5.74, 6) is 0.507. The summed E-state index contributed by atoms with van der Waals surface area (Å²) in [6, 6.07) is 8.53. The molecule has 2 rings (SSSR count). The van der Waals surface area contributed by atoms with Gasteiger partial charge in [0.25, 0.3) is 0 Å². The van der Waals surface area contributed by atoms with Crippen LogP contribution in [0.2, 0.25) is 0 Å². The SMILES string of the molecule is N#Cc1ccc(OCc2ccsc2)cc1O. The molecule has 4 heteroatoms. The van der Waals surface area contributed by atoms with E-state index in [2.05, 4.69) is 0 Å². The third-order valence-corrected chi connectivity index (χ3v) is 2.81. The van der Waals surface area contributed by atoms with Gasteiger partial charge in [-0.15, -0.1) is 0 Å². The number of hydrogen-bond acceptors (Lipinski definition) is 4. The molecule has 80 valence electrons. The molecule has 0 radical (unpaired) electrons. The fraction of sp³-hybridized carbons (Fsp3) is 0.0833. The Kier molecular flexibility index (Phi) is 3.08. The Balaban J connectivity index is 2.06. The van der Waals surface area contributed by atoms with E-state index in [1.165, 1.54) is 12.1 Å². The number of hydrogen-bond donors (Lipinski definition) is 1. The highest BCUT2D eigenvalue weighted by Gasteiger charge is 2.02. The van der Waals surface area contributed by atoms with Crippen LogP contribution in [-0.4, -0.2) is 5.11 Å². The lowest BCUT2D eigenvalue weighted by atomic mass is 10.2. The second-order valence-electron chi connectivity index (χ2n) is 3.21. The third-order valence-electron chi connectivity index (χ3n) is 2.08. The Morgan fingerprint density at radius 3 is 2.88 bits per heavy atom. The molecule has 0 bridgehead atoms. The molecular weight excluding hydrogens is 222 g/mol. The Hall–Kier alpha value is -1.99. The van der Waals surface area contributed by atoms with Gasteiger partial charge < -0.3 is 9.84 Å². The van der Waals surface area contributed by atoms with E-state index in [0.717, 1.165) is 5.56 Å². The number of aromatic hydroxyl groups is 1. The Morgan fingerprint density at radius 1 is 1.38 bits per heavy atom. The lowest BCUT2D eigenvalue weighted by molar-refractivity contribution is 0.305. The summed E-state index contributed by atoms with van der Waals surface area (Å²) < 4.78 is 5.47. The van der Waals surface area contributed by atoms with Crippen LogP contribution in [0.5, 0.6) is 11.5 Å². The zero-order valence-corrected chi connectivity index (χ0v) is 9.20. The third kappa shape index (κ3) is 2.33. The summed E-state index contributed by atoms with van der Waals surface area (Å²) in [6.07, 6.45) is 0. The molecule has 1 heterocycles. The summed E-state index contributed by atoms with van der Waals surface area (Å²) in [5, 5.41) is 22.1. The van der Waals surface area contributed by atoms with Gasteiger partial charge in [0, 0.05) is 6.07 Å². The minimum atomic E-state index is -0.0506. The molecular formula is C12H9NO2S. The summed E-state index contributed by atoms with van der Waals surface area (Å²) in [7, 11) is 0. The van der Waals surface area contributed by atoms with Gasteiger partial charge in [0.05, 0.1) is 5.56 Å². The quantitative estimate of drug-likeness (QED) is 0.883. The molecule has 0 amide bonds. The average Bonchev–Trinajstić information content (AvgIpc) is 2.79. The van der Waals surface area contributed by atoms with E-state index in [0.29, 0.717) is 12.4 Å². The van der Waals surface area contributed by atoms with E-state index in [4.69, 9.17) is 10.00 Å². The van der Waals surface area contributed by atoms with Gasteiger partial charge in [-0.25, -0.2) is 0 Å². The zero-order chi connectivity index (χ0) is 11.4. The topological polar surface area (TPSA) is 53.2 Å². The van der Waals surface area contributed by atoms with Crippen LogP contribution in [0.4, 0.5) is 0 Å². The predicted octanol–water partition coefficient (Wildman–Crippen LogP) is 2.90. The van der Waals surface area contributed by atoms with Gasteiger partial charge in [-0.05, 0) is 34.5 Å². The van der Waals surface area contributed by atoms with Crippen LogP contribution >= 0.6 is 11.3 Å². The Morgan fingerprint density at radius 2 is 2.25 bits per heavy atom. The average molecular weight is 231 g/mol. The number of benzene rings is 1. The molecule has 0 unspecified atom stereocenters. The maximum Gasteiger partial charge on any atom is 0.137 e. The molecule has 0 spiro atoms. The standard InChI is InChI=1S/C12H9NO2S/c13-6-10-1-2-11(5-12(10)14)15-7-9-3-4-16-8-9/h1-5,8,14H,7H2. The van der Waals surface area contributed by atoms with E-state index < -0.39 is 0 Å². The Labute approximate surface area is 97.2 Å². The van der Waals surface area contributed by atoms with Crippen molar-refractivity contribution in [2.24, 2.45) is 0 Å². The molecule has 16 heavy (non-hydrogen) atoms. The zero-order valence-electron chi connectivity index (χ0n) is 8.38. The van der Waals surface area contributed by atoms with Crippen molar-refractivity contribution in [2.75, 3.05) is 0 Å². The maximum atomic E-state index is 9.45. The molecule has 0 aliphatic heterocycles. The summed E-state index contributed by atoms with van der Waals surface area (Å²) in [4.78, 5) is 0. The van der Waals surface area contributed by atoms with Crippen molar-refractivity contribution in [3.05, 3.63) is 46.2 Å². The number of thiophene rings is 1. The molecule has 0 saturated heterocycles. The first-order valence-electron chi connectivity index (χ1n) is 4.66. The van der Waals surface area contributed by atoms with Gasteiger partial charge >= 0.3 is 0 Å². The molecule has 0 atom stereocenters. The van der Waals surface area contributed by atoms with Crippen LogP contribution < -0.4 is 4.74 Å². The molecule has 0 fully saturated rings. The molecule has 1 aromatic carbocycles. The number of rotatable bonds is 3. The number of phenolic OH excluding ortho intramolecular Hbond substituents is 1. The summed E-state index contributed by atoms with van der Waals surface area (Å²) >= 11 is 1.61. The molecule has 0 aliphatic carbocycles. The van der Waals surface area contributed by atoms with Crippen molar-refractivity contribution in [1.82, 2.24) is 0 Å². The number of phenols is 1. The van der Waals surface area contributed by atoms with Crippen molar-refractivity contribution >= 4 is 11.3 Å². The van der Waals surface area contributed by atoms with Gasteiger partial charge in [0.1, 0.15) is 24.2 Å². The number of nitriles is 1. The largest absolute Gasteiger partial charge is 0.506 e. The van der Waals surface area contributed by atoms with Crippen molar-refractivity contribution in [3.8, 4) is 17.6 Å². The van der Waals surface area contributed by atoms with E-state index in [1.54, 1.807) is 17.4 Å². The first-order chi connectivity index (χ1) is 7.79. The molecule has 2 aromatic rings. The summed E-state index contributed by atoms with van der Waals surface area (Å²) in [6.45, 7) is 0.467. The Bertz CT molecular complexity index is 514. The molecule has 0 saturated carbocycles. The normalized spacial score (nSPS) is 9.69. The van der Waals surface area contributed by atoms with Gasteiger partial charge in [-0.1, -0.05) is 0 Å². The molecule has 3 nitrogen and oxygen atoms in total. The lowest BCUT2D eigenvalue weighted by Crippen LogP contribution is -1.93. The molecule has 0 aliphatic rings. The van der Waals surface area contributed by atoms with E-state index in [9.17, 15) is 5.11 Å². The van der Waals surface area contributed by atoms with Gasteiger partial charge in [-0.2, -0.15) is 16.6 Å². The number of nitrogens with zero attached hydrogens (tertiary/aromatic N) is 1. The maximum absolute atomic E-state index is 9.45. The van der Waals surface area contributed by atoms with Crippen LogP contribution in [0.15, 0.2) is 35.0 Å². The smallest absolute Gasteiger partial charge is 0.137 e. The fourth-order valence-electron chi connectivity index (χ4n) is 1.24. The van der Waals surface area contributed by atoms with Crippen molar-refractivity contribution < 1.29 is 9.84 Å². The second kappa shape index (κ2) is 4.69. The van der Waals surface area contributed by atoms with E-state index in [-0.39, 0.29) is 11.3 Å². The van der Waals surface area contributed by atoms with E-state index in [1.807, 2.05) is 22.9 Å². The highest BCUT2D eigenvalue weighted by molar-refractivity contribution is 7.07. The van der Waals surface area contributed by atoms with Gasteiger partial charge in [0.15, 0.2) is 0 Å². The highest BCUT2D eigenvalue weighted by Crippen LogP contribution is 2.23. The lowest BCUT2D eigenvalue weighted by Gasteiger charge is -2.05. The fourth-order valence-corrected chi connectivity index (χ4v) is 1.89. The predicted molar refractivity (Wildman–Crippen MR) is 61.5 cm³/mol. The monoisotopic (exact) mass is 231 g/mol. The molecule has 1 aromatic heterocycles. The van der Waals surface area contributed by atoms with Gasteiger partial charge in [-0.3, -0.25) is 0 Å². The first kappa shape index (κ1) is 10.5. The minimum Gasteiger partial charge on any atom is -0.506 e. The van der Waals surface area contributed by atoms with Gasteiger partial charge in [0.2, 0.25) is 0 Å². The second-order valence-corrected chi connectivity index (χ2v) is 3.99. The first-order valence-corrected chi connectivity index (χ1v) is 5.61. The van der Waals surface area contributed by atoms with Crippen molar-refractivity contribution in [1.29, 1.82) is 5.26 Å². The minimum absolute atomic E-state index is 0.0506. The van der Waals surface area contributed by atoms with Crippen LogP contribution in [0, 0.1) is 11.3 Å². The highest BCUT2D eigenvalue weighted by atomic mass is 32.1. The van der Waals surface area contributed by atoms with Crippen LogP contribution in [0.3, 0.4) is 0 Å². The summed E-state index contributed by atoms with van der Waals surface area (Å²) in [5.41, 5.74) is 1.34. The van der Waals surface area contributed by atoms with Crippen molar-refractivity contribution in [2.45, 2.75) is 6.61 Å². The molecule has 1 N–H and O–H groups in total. The van der Waals surface area contributed by atoms with Crippen molar-refractivity contribution in [3.63, 3.8) is 0 Å². The van der Waals surface area contributed by atoms with Crippen LogP contribution in [0.1, 0.15) is 11.1 Å². The van der Waals surface area contributed by atoms with Crippen LogP contribution in [0.25, 0.3) is 0 Å². The number of ether oxygens (including phenoxy) is 1. The van der Waals surface area contributed by atoms with Crippen LogP contribution in [-0.2, 0) is 6.61 Å². The van der Waals surface area contributed by atoms with E-state index >= 15 is 0 Å².